The van der Waals surface area contributed by atoms with Crippen molar-refractivity contribution in [1.29, 1.82) is 0 Å². The van der Waals surface area contributed by atoms with Crippen molar-refractivity contribution in [2.45, 2.75) is 24.9 Å². The van der Waals surface area contributed by atoms with Crippen LogP contribution in [0.15, 0.2) is 52.0 Å². The topological polar surface area (TPSA) is 85.8 Å². The number of aryl methyl sites for hydroxylation is 1. The number of amides is 1. The zero-order valence-corrected chi connectivity index (χ0v) is 17.8. The van der Waals surface area contributed by atoms with Crippen molar-refractivity contribution in [3.63, 3.8) is 0 Å². The third kappa shape index (κ3) is 4.80. The van der Waals surface area contributed by atoms with Crippen molar-refractivity contribution in [2.24, 2.45) is 0 Å². The molecule has 0 spiro atoms. The molecule has 0 bridgehead atoms. The number of carbonyl (C=O) groups excluding carboxylic acids is 1. The van der Waals surface area contributed by atoms with Gasteiger partial charge in [0.2, 0.25) is 0 Å². The maximum atomic E-state index is 13.4. The fraction of sp³-hybridized carbons (Fsp3) is 0.250. The average molecular weight is 433 g/mol. The number of nitrogens with zero attached hydrogens (tertiary/aromatic N) is 2. The van der Waals surface area contributed by atoms with Gasteiger partial charge in [-0.25, -0.2) is 0 Å². The van der Waals surface area contributed by atoms with Crippen LogP contribution in [0.5, 0.6) is 5.75 Å². The van der Waals surface area contributed by atoms with Crippen LogP contribution in [0.4, 0.5) is 5.69 Å². The van der Waals surface area contributed by atoms with Crippen molar-refractivity contribution in [1.82, 2.24) is 4.90 Å². The van der Waals surface area contributed by atoms with E-state index in [9.17, 15) is 14.9 Å². The van der Waals surface area contributed by atoms with E-state index in [0.29, 0.717) is 22.9 Å². The average Bonchev–Trinajstić information content (AvgIpc) is 3.37. The Labute approximate surface area is 176 Å². The first-order valence-electron chi connectivity index (χ1n) is 8.70. The van der Waals surface area contributed by atoms with Crippen LogP contribution in [0.25, 0.3) is 0 Å². The highest BCUT2D eigenvalue weighted by Gasteiger charge is 2.28. The van der Waals surface area contributed by atoms with Crippen LogP contribution in [0.2, 0.25) is 0 Å². The lowest BCUT2D eigenvalue weighted by Crippen LogP contribution is -2.30. The van der Waals surface area contributed by atoms with Crippen molar-refractivity contribution < 1.29 is 18.9 Å². The number of thioether (sulfide) groups is 1. The van der Waals surface area contributed by atoms with Gasteiger partial charge in [0.15, 0.2) is 0 Å². The number of methoxy groups -OCH3 is 1. The molecular formula is C20H20N2O5S2. The van der Waals surface area contributed by atoms with Gasteiger partial charge < -0.3 is 14.1 Å². The summed E-state index contributed by atoms with van der Waals surface area (Å²) in [6.07, 6.45) is 3.36. The van der Waals surface area contributed by atoms with Gasteiger partial charge in [0, 0.05) is 9.75 Å². The number of carbonyl (C=O) groups is 1. The molecule has 0 atom stereocenters. The summed E-state index contributed by atoms with van der Waals surface area (Å²) in [5.41, 5.74) is -0.253. The third-order valence-corrected chi connectivity index (χ3v) is 6.03. The fourth-order valence-electron chi connectivity index (χ4n) is 2.91. The van der Waals surface area contributed by atoms with E-state index >= 15 is 0 Å². The van der Waals surface area contributed by atoms with Gasteiger partial charge in [-0.15, -0.1) is 23.1 Å². The number of hydrogen-bond acceptors (Lipinski definition) is 7. The van der Waals surface area contributed by atoms with Crippen LogP contribution >= 0.6 is 23.1 Å². The van der Waals surface area contributed by atoms with E-state index < -0.39 is 10.8 Å². The standard InChI is InChI=1S/C20H20N2O5S2/c1-13-6-7-15(29-13)12-21(11-14-5-4-8-27-14)20(23)16-9-19(28-3)18(26-2)10-17(16)22(24)25/h4-10H,11-12H2,1-3H3. The van der Waals surface area contributed by atoms with Crippen LogP contribution in [0.1, 0.15) is 25.9 Å². The molecular weight excluding hydrogens is 412 g/mol. The van der Waals surface area contributed by atoms with Crippen LogP contribution < -0.4 is 4.74 Å². The Morgan fingerprint density at radius 1 is 1.31 bits per heavy atom. The van der Waals surface area contributed by atoms with Crippen molar-refractivity contribution in [3.05, 3.63) is 73.9 Å². The van der Waals surface area contributed by atoms with E-state index in [-0.39, 0.29) is 17.8 Å². The summed E-state index contributed by atoms with van der Waals surface area (Å²) in [6, 6.07) is 10.3. The number of rotatable bonds is 8. The molecule has 2 aromatic heterocycles. The molecule has 152 valence electrons. The fourth-order valence-corrected chi connectivity index (χ4v) is 4.39. The second kappa shape index (κ2) is 9.15. The van der Waals surface area contributed by atoms with E-state index in [1.807, 2.05) is 25.3 Å². The van der Waals surface area contributed by atoms with Crippen LogP contribution in [0, 0.1) is 17.0 Å². The van der Waals surface area contributed by atoms with Crippen LogP contribution in [0.3, 0.4) is 0 Å². The number of furan rings is 1. The first-order chi connectivity index (χ1) is 13.9. The zero-order chi connectivity index (χ0) is 21.0. The molecule has 29 heavy (non-hydrogen) atoms. The monoisotopic (exact) mass is 432 g/mol. The van der Waals surface area contributed by atoms with Gasteiger partial charge in [0.1, 0.15) is 17.1 Å². The minimum absolute atomic E-state index is 0.0278. The molecule has 3 rings (SSSR count). The molecule has 7 nitrogen and oxygen atoms in total. The SMILES string of the molecule is COc1cc([N+](=O)[O-])c(C(=O)N(Cc2ccco2)Cc2ccc(C)s2)cc1SC. The quantitative estimate of drug-likeness (QED) is 0.279. The minimum Gasteiger partial charge on any atom is -0.495 e. The van der Waals surface area contributed by atoms with Gasteiger partial charge in [-0.2, -0.15) is 0 Å². The summed E-state index contributed by atoms with van der Waals surface area (Å²) in [6.45, 7) is 2.53. The summed E-state index contributed by atoms with van der Waals surface area (Å²) in [5, 5.41) is 11.7. The molecule has 9 heteroatoms. The Hall–Kier alpha value is -2.78. The van der Waals surface area contributed by atoms with Crippen LogP contribution in [-0.2, 0) is 13.1 Å². The molecule has 2 heterocycles. The van der Waals surface area contributed by atoms with E-state index in [1.165, 1.54) is 37.3 Å². The van der Waals surface area contributed by atoms with Crippen molar-refractivity contribution in [2.75, 3.05) is 13.4 Å². The van der Waals surface area contributed by atoms with Gasteiger partial charge in [-0.1, -0.05) is 0 Å². The second-order valence-corrected chi connectivity index (χ2v) is 8.45. The van der Waals surface area contributed by atoms with Gasteiger partial charge in [-0.05, 0) is 43.5 Å². The number of hydrogen-bond donors (Lipinski definition) is 0. The Balaban J connectivity index is 2.02. The van der Waals surface area contributed by atoms with E-state index in [1.54, 1.807) is 28.4 Å². The van der Waals surface area contributed by atoms with Crippen LogP contribution in [-0.4, -0.2) is 29.1 Å². The largest absolute Gasteiger partial charge is 0.495 e. The minimum atomic E-state index is -0.555. The lowest BCUT2D eigenvalue weighted by atomic mass is 10.1. The van der Waals surface area contributed by atoms with Gasteiger partial charge >= 0.3 is 0 Å². The molecule has 0 saturated heterocycles. The van der Waals surface area contributed by atoms with E-state index in [2.05, 4.69) is 0 Å². The van der Waals surface area contributed by atoms with Gasteiger partial charge in [0.05, 0.1) is 42.3 Å². The number of nitro groups is 1. The highest BCUT2D eigenvalue weighted by atomic mass is 32.2. The summed E-state index contributed by atoms with van der Waals surface area (Å²) in [4.78, 5) is 28.8. The Morgan fingerprint density at radius 3 is 2.66 bits per heavy atom. The maximum absolute atomic E-state index is 13.4. The normalized spacial score (nSPS) is 10.7. The number of nitro benzene ring substituents is 1. The number of benzene rings is 1. The summed E-state index contributed by atoms with van der Waals surface area (Å²) < 4.78 is 10.6. The molecule has 0 aliphatic carbocycles. The predicted molar refractivity (Wildman–Crippen MR) is 113 cm³/mol. The first-order valence-corrected chi connectivity index (χ1v) is 10.7. The summed E-state index contributed by atoms with van der Waals surface area (Å²) >= 11 is 2.94. The maximum Gasteiger partial charge on any atom is 0.285 e. The van der Waals surface area contributed by atoms with Crippen molar-refractivity contribution in [3.8, 4) is 5.75 Å². The molecule has 0 aliphatic rings. The first kappa shape index (κ1) is 20.9. The molecule has 0 unspecified atom stereocenters. The van der Waals surface area contributed by atoms with E-state index in [4.69, 9.17) is 9.15 Å². The molecule has 3 aromatic rings. The van der Waals surface area contributed by atoms with Gasteiger partial charge in [-0.3, -0.25) is 14.9 Å². The highest BCUT2D eigenvalue weighted by molar-refractivity contribution is 7.98. The number of thiophene rings is 1. The lowest BCUT2D eigenvalue weighted by Gasteiger charge is -2.22. The Kier molecular flexibility index (Phi) is 6.60. The molecule has 0 N–H and O–H groups in total. The third-order valence-electron chi connectivity index (χ3n) is 4.29. The lowest BCUT2D eigenvalue weighted by molar-refractivity contribution is -0.385. The molecule has 0 fully saturated rings. The molecule has 0 saturated carbocycles. The predicted octanol–water partition coefficient (Wildman–Crippen LogP) is 5.13. The molecule has 0 radical (unpaired) electrons. The molecule has 0 aliphatic heterocycles. The second-order valence-electron chi connectivity index (χ2n) is 6.23. The highest BCUT2D eigenvalue weighted by Crippen LogP contribution is 2.35. The molecule has 1 aromatic carbocycles. The summed E-state index contributed by atoms with van der Waals surface area (Å²) in [7, 11) is 1.45. The van der Waals surface area contributed by atoms with Crippen molar-refractivity contribution >= 4 is 34.7 Å². The Morgan fingerprint density at radius 2 is 2.10 bits per heavy atom. The Bertz CT molecular complexity index is 1010. The van der Waals surface area contributed by atoms with Gasteiger partial charge in [0.25, 0.3) is 11.6 Å². The number of ether oxygens (including phenoxy) is 1. The smallest absolute Gasteiger partial charge is 0.285 e. The summed E-state index contributed by atoms with van der Waals surface area (Å²) in [5.74, 6) is 0.539. The van der Waals surface area contributed by atoms with E-state index in [0.717, 1.165) is 9.75 Å². The zero-order valence-electron chi connectivity index (χ0n) is 16.2. The molecule has 1 amide bonds.